The van der Waals surface area contributed by atoms with Gasteiger partial charge in [-0.2, -0.15) is 0 Å². The van der Waals surface area contributed by atoms with Crippen molar-refractivity contribution in [1.82, 2.24) is 14.8 Å². The molecular formula is C30H26N4O5. The fourth-order valence-electron chi connectivity index (χ4n) is 5.07. The molecule has 196 valence electrons. The number of piperazine rings is 1. The molecule has 2 aromatic carbocycles. The Kier molecular flexibility index (Phi) is 6.32. The largest absolute Gasteiger partial charge is 0.497 e. The second-order valence-electron chi connectivity index (χ2n) is 9.43. The molecule has 0 bridgehead atoms. The van der Waals surface area contributed by atoms with Crippen molar-refractivity contribution >= 4 is 23.4 Å². The van der Waals surface area contributed by atoms with Gasteiger partial charge >= 0.3 is 0 Å². The van der Waals surface area contributed by atoms with Crippen molar-refractivity contribution in [2.24, 2.45) is 0 Å². The Bertz CT molecular complexity index is 1540. The van der Waals surface area contributed by atoms with Crippen LogP contribution in [-0.2, 0) is 6.54 Å². The predicted octanol–water partition coefficient (Wildman–Crippen LogP) is 4.11. The van der Waals surface area contributed by atoms with Crippen LogP contribution in [-0.4, -0.2) is 65.8 Å². The molecule has 0 unspecified atom stereocenters. The summed E-state index contributed by atoms with van der Waals surface area (Å²) in [4.78, 5) is 48.8. The van der Waals surface area contributed by atoms with Crippen molar-refractivity contribution in [1.29, 1.82) is 0 Å². The molecule has 3 amide bonds. The number of benzene rings is 2. The Morgan fingerprint density at radius 1 is 0.923 bits per heavy atom. The van der Waals surface area contributed by atoms with Crippen molar-refractivity contribution in [3.8, 4) is 17.1 Å². The smallest absolute Gasteiger partial charge is 0.289 e. The van der Waals surface area contributed by atoms with E-state index < -0.39 is 0 Å². The minimum absolute atomic E-state index is 0.170. The quantitative estimate of drug-likeness (QED) is 0.352. The van der Waals surface area contributed by atoms with Crippen LogP contribution < -0.4 is 9.64 Å². The number of ether oxygens (including phenoxy) is 1. The Morgan fingerprint density at radius 3 is 2.44 bits per heavy atom. The zero-order valence-electron chi connectivity index (χ0n) is 21.4. The summed E-state index contributed by atoms with van der Waals surface area (Å²) in [5.41, 5.74) is 3.18. The average Bonchev–Trinajstić information content (AvgIpc) is 3.58. The van der Waals surface area contributed by atoms with E-state index >= 15 is 0 Å². The van der Waals surface area contributed by atoms with Crippen molar-refractivity contribution in [3.05, 3.63) is 102 Å². The highest BCUT2D eigenvalue weighted by atomic mass is 16.5. The maximum absolute atomic E-state index is 13.4. The van der Waals surface area contributed by atoms with Crippen LogP contribution in [0, 0.1) is 0 Å². The number of amides is 3. The number of furan rings is 1. The van der Waals surface area contributed by atoms with Gasteiger partial charge in [-0.1, -0.05) is 12.1 Å². The number of aromatic nitrogens is 1. The van der Waals surface area contributed by atoms with Gasteiger partial charge in [-0.3, -0.25) is 24.3 Å². The molecule has 9 heteroatoms. The predicted molar refractivity (Wildman–Crippen MR) is 144 cm³/mol. The third-order valence-corrected chi connectivity index (χ3v) is 7.14. The third kappa shape index (κ3) is 4.52. The molecule has 4 aromatic rings. The van der Waals surface area contributed by atoms with E-state index in [2.05, 4.69) is 9.88 Å². The summed E-state index contributed by atoms with van der Waals surface area (Å²) < 4.78 is 11.1. The number of rotatable bonds is 6. The van der Waals surface area contributed by atoms with Gasteiger partial charge in [0.2, 0.25) is 0 Å². The van der Waals surface area contributed by atoms with Crippen LogP contribution in [0.4, 0.5) is 5.69 Å². The molecule has 2 aliphatic rings. The highest BCUT2D eigenvalue weighted by Gasteiger charge is 2.39. The summed E-state index contributed by atoms with van der Waals surface area (Å²) in [7, 11) is 1.61. The number of nitrogens with zero attached hydrogens (tertiary/aromatic N) is 4. The SMILES string of the molecule is COc1ccc(-c2ccc(C(=O)N3CCN(c4cccc5c4C(=O)N(Cc4cccnc4)C5=O)CC3)o2)cc1. The van der Waals surface area contributed by atoms with Crippen LogP contribution in [0.1, 0.15) is 36.8 Å². The third-order valence-electron chi connectivity index (χ3n) is 7.14. The zero-order chi connectivity index (χ0) is 26.9. The van der Waals surface area contributed by atoms with Gasteiger partial charge in [0, 0.05) is 44.1 Å². The van der Waals surface area contributed by atoms with Crippen molar-refractivity contribution in [2.75, 3.05) is 38.2 Å². The molecule has 4 heterocycles. The number of carbonyl (C=O) groups is 3. The van der Waals surface area contributed by atoms with Crippen LogP contribution in [0.25, 0.3) is 11.3 Å². The molecular weight excluding hydrogens is 496 g/mol. The van der Waals surface area contributed by atoms with Gasteiger partial charge in [-0.15, -0.1) is 0 Å². The average molecular weight is 523 g/mol. The minimum Gasteiger partial charge on any atom is -0.497 e. The molecule has 6 rings (SSSR count). The summed E-state index contributed by atoms with van der Waals surface area (Å²) >= 11 is 0. The zero-order valence-corrected chi connectivity index (χ0v) is 21.4. The molecule has 39 heavy (non-hydrogen) atoms. The van der Waals surface area contributed by atoms with E-state index in [0.29, 0.717) is 48.8 Å². The maximum Gasteiger partial charge on any atom is 0.289 e. The first kappa shape index (κ1) is 24.4. The van der Waals surface area contributed by atoms with Gasteiger partial charge in [0.1, 0.15) is 11.5 Å². The first-order valence-corrected chi connectivity index (χ1v) is 12.7. The normalized spacial score (nSPS) is 15.1. The standard InChI is InChI=1S/C30H26N4O5/c1-38-22-9-7-21(8-10-22)25-11-12-26(39-25)29(36)33-16-14-32(15-17-33)24-6-2-5-23-27(24)30(37)34(28(23)35)19-20-4-3-13-31-18-20/h2-13,18H,14-17,19H2,1H3. The number of anilines is 1. The topological polar surface area (TPSA) is 96.2 Å². The molecule has 0 aliphatic carbocycles. The summed E-state index contributed by atoms with van der Waals surface area (Å²) in [6.45, 7) is 2.14. The lowest BCUT2D eigenvalue weighted by Gasteiger charge is -2.36. The molecule has 1 saturated heterocycles. The van der Waals surface area contributed by atoms with Crippen molar-refractivity contribution < 1.29 is 23.5 Å². The number of hydrogen-bond acceptors (Lipinski definition) is 7. The molecule has 0 N–H and O–H groups in total. The molecule has 2 aromatic heterocycles. The first-order valence-electron chi connectivity index (χ1n) is 12.7. The second-order valence-corrected chi connectivity index (χ2v) is 9.43. The summed E-state index contributed by atoms with van der Waals surface area (Å²) in [6.07, 6.45) is 3.31. The van der Waals surface area contributed by atoms with Crippen LogP contribution in [0.5, 0.6) is 5.75 Å². The van der Waals surface area contributed by atoms with E-state index in [1.54, 1.807) is 54.7 Å². The Labute approximate surface area is 225 Å². The molecule has 2 aliphatic heterocycles. The van der Waals surface area contributed by atoms with Crippen LogP contribution >= 0.6 is 0 Å². The number of imide groups is 1. The number of methoxy groups -OCH3 is 1. The fraction of sp³-hybridized carbons (Fsp3) is 0.200. The first-order chi connectivity index (χ1) is 19.0. The number of pyridine rings is 1. The molecule has 0 spiro atoms. The van der Waals surface area contributed by atoms with Gasteiger partial charge in [0.05, 0.1) is 30.5 Å². The van der Waals surface area contributed by atoms with Crippen LogP contribution in [0.3, 0.4) is 0 Å². The van der Waals surface area contributed by atoms with Gasteiger partial charge in [0.15, 0.2) is 5.76 Å². The van der Waals surface area contributed by atoms with E-state index in [4.69, 9.17) is 9.15 Å². The number of carbonyl (C=O) groups excluding carboxylic acids is 3. The van der Waals surface area contributed by atoms with Crippen molar-refractivity contribution in [2.45, 2.75) is 6.54 Å². The van der Waals surface area contributed by atoms with E-state index in [1.165, 1.54) is 4.90 Å². The lowest BCUT2D eigenvalue weighted by molar-refractivity contribution is 0.0640. The summed E-state index contributed by atoms with van der Waals surface area (Å²) in [5.74, 6) is 0.840. The Balaban J connectivity index is 1.14. The highest BCUT2D eigenvalue weighted by Crippen LogP contribution is 2.33. The number of fused-ring (bicyclic) bond motifs is 1. The van der Waals surface area contributed by atoms with Gasteiger partial charge < -0.3 is 19.0 Å². The number of hydrogen-bond donors (Lipinski definition) is 0. The molecule has 9 nitrogen and oxygen atoms in total. The van der Waals surface area contributed by atoms with E-state index in [9.17, 15) is 14.4 Å². The Morgan fingerprint density at radius 2 is 1.72 bits per heavy atom. The van der Waals surface area contributed by atoms with Gasteiger partial charge in [-0.25, -0.2) is 0 Å². The molecule has 0 saturated carbocycles. The molecule has 1 fully saturated rings. The molecule has 0 radical (unpaired) electrons. The summed E-state index contributed by atoms with van der Waals surface area (Å²) in [5, 5.41) is 0. The maximum atomic E-state index is 13.4. The van der Waals surface area contributed by atoms with Crippen LogP contribution in [0.2, 0.25) is 0 Å². The van der Waals surface area contributed by atoms with E-state index in [1.807, 2.05) is 36.4 Å². The van der Waals surface area contributed by atoms with E-state index in [0.717, 1.165) is 16.9 Å². The Hall–Kier alpha value is -4.92. The summed E-state index contributed by atoms with van der Waals surface area (Å²) in [6, 6.07) is 19.9. The van der Waals surface area contributed by atoms with Gasteiger partial charge in [-0.05, 0) is 60.2 Å². The lowest BCUT2D eigenvalue weighted by atomic mass is 10.1. The lowest BCUT2D eigenvalue weighted by Crippen LogP contribution is -2.49. The monoisotopic (exact) mass is 522 g/mol. The van der Waals surface area contributed by atoms with Crippen LogP contribution in [0.15, 0.2) is 83.5 Å². The molecule has 0 atom stereocenters. The van der Waals surface area contributed by atoms with Gasteiger partial charge in [0.25, 0.3) is 17.7 Å². The highest BCUT2D eigenvalue weighted by molar-refractivity contribution is 6.23. The minimum atomic E-state index is -0.311. The van der Waals surface area contributed by atoms with Crippen molar-refractivity contribution in [3.63, 3.8) is 0 Å². The second kappa shape index (κ2) is 10.1. The van der Waals surface area contributed by atoms with E-state index in [-0.39, 0.29) is 30.0 Å². The fourth-order valence-corrected chi connectivity index (χ4v) is 5.07.